The van der Waals surface area contributed by atoms with Gasteiger partial charge in [-0.15, -0.1) is 0 Å². The average Bonchev–Trinajstić information content (AvgIpc) is 3.13. The summed E-state index contributed by atoms with van der Waals surface area (Å²) in [6.45, 7) is 2.89. The van der Waals surface area contributed by atoms with Gasteiger partial charge in [0.2, 0.25) is 0 Å². The topological polar surface area (TPSA) is 77.1 Å². The Morgan fingerprint density at radius 1 is 1.19 bits per heavy atom. The Labute approximate surface area is 147 Å². The second kappa shape index (κ2) is 6.55. The molecule has 0 aliphatic rings. The van der Waals surface area contributed by atoms with Crippen molar-refractivity contribution in [3.05, 3.63) is 70.7 Å². The summed E-state index contributed by atoms with van der Waals surface area (Å²) in [4.78, 5) is 24.8. The first kappa shape index (κ1) is 17.5. The molecule has 134 valence electrons. The highest BCUT2D eigenvalue weighted by molar-refractivity contribution is 5.96. The van der Waals surface area contributed by atoms with Gasteiger partial charge in [-0.1, -0.05) is 0 Å². The first-order valence-electron chi connectivity index (χ1n) is 7.70. The molecule has 0 atom stereocenters. The molecule has 0 radical (unpaired) electrons. The molecular formula is C18H15F2N3O3. The molecule has 0 aliphatic carbocycles. The van der Waals surface area contributed by atoms with Crippen LogP contribution in [0.3, 0.4) is 0 Å². The van der Waals surface area contributed by atoms with Crippen molar-refractivity contribution in [3.8, 4) is 11.5 Å². The molecule has 0 bridgehead atoms. The van der Waals surface area contributed by atoms with E-state index >= 15 is 0 Å². The van der Waals surface area contributed by atoms with E-state index in [2.05, 4.69) is 10.4 Å². The van der Waals surface area contributed by atoms with Crippen LogP contribution in [-0.4, -0.2) is 15.7 Å². The fourth-order valence-electron chi connectivity index (χ4n) is 2.33. The number of aromatic nitrogens is 2. The molecule has 6 nitrogen and oxygen atoms in total. The zero-order chi connectivity index (χ0) is 18.9. The predicted octanol–water partition coefficient (Wildman–Crippen LogP) is 3.16. The minimum absolute atomic E-state index is 0.321. The van der Waals surface area contributed by atoms with Gasteiger partial charge in [0.05, 0.1) is 12.0 Å². The minimum atomic E-state index is -1.47. The summed E-state index contributed by atoms with van der Waals surface area (Å²) in [6.07, 6.45) is 1.46. The highest BCUT2D eigenvalue weighted by Crippen LogP contribution is 2.21. The van der Waals surface area contributed by atoms with Crippen LogP contribution in [0.2, 0.25) is 0 Å². The van der Waals surface area contributed by atoms with E-state index in [4.69, 9.17) is 4.42 Å². The van der Waals surface area contributed by atoms with Gasteiger partial charge in [-0.05, 0) is 44.2 Å². The minimum Gasteiger partial charge on any atom is -0.463 e. The lowest BCUT2D eigenvalue weighted by molar-refractivity contribution is -0.123. The third-order valence-corrected chi connectivity index (χ3v) is 3.84. The van der Waals surface area contributed by atoms with Crippen molar-refractivity contribution in [3.63, 3.8) is 0 Å². The van der Waals surface area contributed by atoms with E-state index in [0.717, 1.165) is 22.9 Å². The molecule has 3 aromatic rings. The summed E-state index contributed by atoms with van der Waals surface area (Å²) in [5, 5.41) is 6.47. The lowest BCUT2D eigenvalue weighted by atomic mass is 10.0. The molecule has 0 unspecified atom stereocenters. The number of hydrogen-bond donors (Lipinski definition) is 1. The summed E-state index contributed by atoms with van der Waals surface area (Å²) >= 11 is 0. The molecule has 1 N–H and O–H groups in total. The third kappa shape index (κ3) is 3.26. The lowest BCUT2D eigenvalue weighted by Crippen LogP contribution is -2.47. The van der Waals surface area contributed by atoms with Crippen LogP contribution in [0.1, 0.15) is 13.8 Å². The van der Waals surface area contributed by atoms with E-state index < -0.39 is 28.6 Å². The van der Waals surface area contributed by atoms with Gasteiger partial charge < -0.3 is 9.73 Å². The number of anilines is 1. The van der Waals surface area contributed by atoms with Gasteiger partial charge in [0.15, 0.2) is 5.76 Å². The van der Waals surface area contributed by atoms with Crippen molar-refractivity contribution in [1.82, 2.24) is 9.78 Å². The molecule has 1 amide bonds. The van der Waals surface area contributed by atoms with Gasteiger partial charge in [0.1, 0.15) is 22.9 Å². The maximum atomic E-state index is 13.8. The van der Waals surface area contributed by atoms with Crippen LogP contribution in [0.5, 0.6) is 0 Å². The van der Waals surface area contributed by atoms with E-state index in [0.29, 0.717) is 11.5 Å². The molecular weight excluding hydrogens is 344 g/mol. The molecule has 3 rings (SSSR count). The number of nitrogens with zero attached hydrogens (tertiary/aromatic N) is 2. The third-order valence-electron chi connectivity index (χ3n) is 3.84. The number of carbonyl (C=O) groups is 1. The van der Waals surface area contributed by atoms with Crippen LogP contribution in [0, 0.1) is 11.6 Å². The van der Waals surface area contributed by atoms with E-state index in [1.54, 1.807) is 12.1 Å². The molecule has 2 heterocycles. The molecule has 2 aromatic heterocycles. The zero-order valence-electron chi connectivity index (χ0n) is 14.0. The SMILES string of the molecule is CC(C)(C(=O)Nc1cc(F)ccc1F)n1nc(-c2ccco2)ccc1=O. The normalized spacial score (nSPS) is 11.4. The number of nitrogens with one attached hydrogen (secondary N) is 1. The molecule has 0 saturated carbocycles. The van der Waals surface area contributed by atoms with Crippen molar-refractivity contribution < 1.29 is 18.0 Å². The Kier molecular flexibility index (Phi) is 4.41. The summed E-state index contributed by atoms with van der Waals surface area (Å²) in [6, 6.07) is 8.75. The van der Waals surface area contributed by atoms with Gasteiger partial charge in [0.25, 0.3) is 11.5 Å². The summed E-state index contributed by atoms with van der Waals surface area (Å²) in [7, 11) is 0. The van der Waals surface area contributed by atoms with E-state index in [1.165, 1.54) is 32.2 Å². The van der Waals surface area contributed by atoms with Gasteiger partial charge in [-0.25, -0.2) is 13.5 Å². The molecule has 0 aliphatic heterocycles. The Hall–Kier alpha value is -3.29. The standard InChI is InChI=1S/C18H15F2N3O3/c1-18(2,17(25)21-14-10-11(19)5-6-12(14)20)23-16(24)8-7-13(22-23)15-4-3-9-26-15/h3-10H,1-2H3,(H,21,25). The molecule has 8 heteroatoms. The Morgan fingerprint density at radius 2 is 1.96 bits per heavy atom. The van der Waals surface area contributed by atoms with Crippen molar-refractivity contribution in [2.75, 3.05) is 5.32 Å². The van der Waals surface area contributed by atoms with Gasteiger partial charge in [-0.3, -0.25) is 9.59 Å². The number of rotatable bonds is 4. The second-order valence-electron chi connectivity index (χ2n) is 6.08. The molecule has 0 fully saturated rings. The zero-order valence-corrected chi connectivity index (χ0v) is 14.0. The van der Waals surface area contributed by atoms with Crippen LogP contribution < -0.4 is 10.9 Å². The van der Waals surface area contributed by atoms with Crippen molar-refractivity contribution in [2.24, 2.45) is 0 Å². The molecule has 1 aromatic carbocycles. The summed E-state index contributed by atoms with van der Waals surface area (Å²) in [5.41, 5.74) is -1.97. The number of halogens is 2. The van der Waals surface area contributed by atoms with Crippen LogP contribution in [0.25, 0.3) is 11.5 Å². The monoisotopic (exact) mass is 359 g/mol. The lowest BCUT2D eigenvalue weighted by Gasteiger charge is -2.25. The first-order valence-corrected chi connectivity index (χ1v) is 7.70. The Balaban J connectivity index is 1.96. The van der Waals surface area contributed by atoms with Gasteiger partial charge in [0, 0.05) is 12.1 Å². The quantitative estimate of drug-likeness (QED) is 0.776. The Morgan fingerprint density at radius 3 is 2.65 bits per heavy atom. The second-order valence-corrected chi connectivity index (χ2v) is 6.08. The van der Waals surface area contributed by atoms with Gasteiger partial charge >= 0.3 is 0 Å². The smallest absolute Gasteiger partial charge is 0.267 e. The fourth-order valence-corrected chi connectivity index (χ4v) is 2.33. The average molecular weight is 359 g/mol. The Bertz CT molecular complexity index is 1010. The highest BCUT2D eigenvalue weighted by Gasteiger charge is 2.33. The molecule has 0 saturated heterocycles. The molecule has 0 spiro atoms. The predicted molar refractivity (Wildman–Crippen MR) is 90.5 cm³/mol. The van der Waals surface area contributed by atoms with Gasteiger partial charge in [-0.2, -0.15) is 5.10 Å². The fraction of sp³-hybridized carbons (Fsp3) is 0.167. The summed E-state index contributed by atoms with van der Waals surface area (Å²) < 4.78 is 33.3. The van der Waals surface area contributed by atoms with Crippen LogP contribution in [0.4, 0.5) is 14.5 Å². The number of hydrogen-bond acceptors (Lipinski definition) is 4. The van der Waals surface area contributed by atoms with Crippen molar-refractivity contribution >= 4 is 11.6 Å². The highest BCUT2D eigenvalue weighted by atomic mass is 19.1. The van der Waals surface area contributed by atoms with Crippen molar-refractivity contribution in [2.45, 2.75) is 19.4 Å². The number of furan rings is 1. The van der Waals surface area contributed by atoms with E-state index in [-0.39, 0.29) is 5.69 Å². The van der Waals surface area contributed by atoms with E-state index in [9.17, 15) is 18.4 Å². The largest absolute Gasteiger partial charge is 0.463 e. The maximum Gasteiger partial charge on any atom is 0.267 e. The number of benzene rings is 1. The first-order chi connectivity index (χ1) is 12.3. The van der Waals surface area contributed by atoms with Crippen LogP contribution >= 0.6 is 0 Å². The molecule has 26 heavy (non-hydrogen) atoms. The van der Waals surface area contributed by atoms with Crippen LogP contribution in [0.15, 0.2) is 57.9 Å². The summed E-state index contributed by atoms with van der Waals surface area (Å²) in [5.74, 6) is -1.80. The van der Waals surface area contributed by atoms with E-state index in [1.807, 2.05) is 0 Å². The number of carbonyl (C=O) groups excluding carboxylic acids is 1. The van der Waals surface area contributed by atoms with Crippen LogP contribution in [-0.2, 0) is 10.3 Å². The van der Waals surface area contributed by atoms with Crippen molar-refractivity contribution in [1.29, 1.82) is 0 Å². The number of amides is 1. The maximum absolute atomic E-state index is 13.8.